The maximum Gasteiger partial charge on any atom is 0.225 e. The molecule has 0 N–H and O–H groups in total. The summed E-state index contributed by atoms with van der Waals surface area (Å²) in [6.07, 6.45) is 4.57. The van der Waals surface area contributed by atoms with E-state index in [1.54, 1.807) is 0 Å². The minimum atomic E-state index is 0.226. The van der Waals surface area contributed by atoms with Crippen molar-refractivity contribution in [2.24, 2.45) is 5.92 Å². The Morgan fingerprint density at radius 3 is 2.31 bits per heavy atom. The van der Waals surface area contributed by atoms with E-state index in [4.69, 9.17) is 0 Å². The summed E-state index contributed by atoms with van der Waals surface area (Å²) in [5.41, 5.74) is 0. The molecule has 94 valence electrons. The third-order valence-electron chi connectivity index (χ3n) is 3.66. The first-order valence-electron chi connectivity index (χ1n) is 6.66. The zero-order valence-electron chi connectivity index (χ0n) is 11.0. The minimum absolute atomic E-state index is 0.226. The molecule has 0 bridgehead atoms. The summed E-state index contributed by atoms with van der Waals surface area (Å²) in [4.78, 5) is 16.4. The summed E-state index contributed by atoms with van der Waals surface area (Å²) in [6.45, 7) is 8.55. The van der Waals surface area contributed by atoms with Crippen molar-refractivity contribution in [1.29, 1.82) is 0 Å². The number of hydrogen-bond donors (Lipinski definition) is 0. The summed E-state index contributed by atoms with van der Waals surface area (Å²) in [6, 6.07) is 0. The van der Waals surface area contributed by atoms with Crippen LogP contribution in [0.15, 0.2) is 0 Å². The van der Waals surface area contributed by atoms with Crippen LogP contribution in [0.5, 0.6) is 0 Å². The Hall–Kier alpha value is -0.570. The molecule has 0 radical (unpaired) electrons. The van der Waals surface area contributed by atoms with E-state index in [2.05, 4.69) is 18.7 Å². The molecule has 0 atom stereocenters. The van der Waals surface area contributed by atoms with Crippen LogP contribution in [-0.2, 0) is 4.79 Å². The van der Waals surface area contributed by atoms with Crippen LogP contribution in [0.25, 0.3) is 0 Å². The van der Waals surface area contributed by atoms with Crippen molar-refractivity contribution in [3.63, 3.8) is 0 Å². The van der Waals surface area contributed by atoms with Gasteiger partial charge in [0.05, 0.1) is 0 Å². The average Bonchev–Trinajstić information content (AvgIpc) is 2.80. The fourth-order valence-electron chi connectivity index (χ4n) is 2.36. The van der Waals surface area contributed by atoms with Crippen molar-refractivity contribution < 1.29 is 4.79 Å². The fraction of sp³-hybridized carbons (Fsp3) is 0.923. The average molecular weight is 226 g/mol. The SMILES string of the molecule is CCC(CC)C(=O)N(C)CCN1CCCC1. The lowest BCUT2D eigenvalue weighted by Gasteiger charge is -2.24. The minimum Gasteiger partial charge on any atom is -0.344 e. The Bertz CT molecular complexity index is 208. The van der Waals surface area contributed by atoms with E-state index in [1.165, 1.54) is 25.9 Å². The van der Waals surface area contributed by atoms with Crippen LogP contribution in [0, 0.1) is 5.92 Å². The summed E-state index contributed by atoms with van der Waals surface area (Å²) < 4.78 is 0. The van der Waals surface area contributed by atoms with E-state index in [-0.39, 0.29) is 5.92 Å². The molecule has 1 saturated heterocycles. The number of hydrogen-bond acceptors (Lipinski definition) is 2. The van der Waals surface area contributed by atoms with Crippen LogP contribution in [0.1, 0.15) is 39.5 Å². The van der Waals surface area contributed by atoms with Crippen molar-refractivity contribution >= 4 is 5.91 Å². The number of likely N-dealkylation sites (tertiary alicyclic amines) is 1. The molecule has 0 aromatic rings. The lowest BCUT2D eigenvalue weighted by Crippen LogP contribution is -2.38. The molecule has 1 fully saturated rings. The third kappa shape index (κ3) is 3.78. The highest BCUT2D eigenvalue weighted by Crippen LogP contribution is 2.11. The molecule has 1 aliphatic rings. The first-order chi connectivity index (χ1) is 7.69. The summed E-state index contributed by atoms with van der Waals surface area (Å²) >= 11 is 0. The van der Waals surface area contributed by atoms with E-state index < -0.39 is 0 Å². The normalized spacial score (nSPS) is 17.0. The Morgan fingerprint density at radius 1 is 1.25 bits per heavy atom. The molecule has 0 saturated carbocycles. The molecule has 0 spiro atoms. The molecule has 16 heavy (non-hydrogen) atoms. The van der Waals surface area contributed by atoms with Gasteiger partial charge in [-0.2, -0.15) is 0 Å². The van der Waals surface area contributed by atoms with Gasteiger partial charge in [0, 0.05) is 26.1 Å². The molecule has 0 aliphatic carbocycles. The summed E-state index contributed by atoms with van der Waals surface area (Å²) in [5, 5.41) is 0. The maximum atomic E-state index is 12.0. The molecule has 3 nitrogen and oxygen atoms in total. The van der Waals surface area contributed by atoms with Crippen molar-refractivity contribution in [3.05, 3.63) is 0 Å². The Morgan fingerprint density at radius 2 is 1.81 bits per heavy atom. The van der Waals surface area contributed by atoms with Crippen LogP contribution in [-0.4, -0.2) is 48.9 Å². The van der Waals surface area contributed by atoms with Gasteiger partial charge in [0.25, 0.3) is 0 Å². The van der Waals surface area contributed by atoms with Gasteiger partial charge < -0.3 is 9.80 Å². The Kier molecular flexibility index (Phi) is 5.81. The van der Waals surface area contributed by atoms with Crippen LogP contribution < -0.4 is 0 Å². The Balaban J connectivity index is 2.27. The smallest absolute Gasteiger partial charge is 0.225 e. The molecule has 0 aromatic carbocycles. The maximum absolute atomic E-state index is 12.0. The van der Waals surface area contributed by atoms with Gasteiger partial charge in [-0.15, -0.1) is 0 Å². The van der Waals surface area contributed by atoms with E-state index in [0.29, 0.717) is 5.91 Å². The second kappa shape index (κ2) is 6.89. The van der Waals surface area contributed by atoms with Crippen molar-refractivity contribution in [2.75, 3.05) is 33.2 Å². The largest absolute Gasteiger partial charge is 0.344 e. The van der Waals surface area contributed by atoms with Gasteiger partial charge in [-0.3, -0.25) is 4.79 Å². The molecule has 3 heteroatoms. The van der Waals surface area contributed by atoms with Gasteiger partial charge >= 0.3 is 0 Å². The van der Waals surface area contributed by atoms with Crippen LogP contribution >= 0.6 is 0 Å². The fourth-order valence-corrected chi connectivity index (χ4v) is 2.36. The number of likely N-dealkylation sites (N-methyl/N-ethyl adjacent to an activating group) is 1. The Labute approximate surface area is 99.8 Å². The number of rotatable bonds is 6. The highest BCUT2D eigenvalue weighted by atomic mass is 16.2. The first kappa shape index (κ1) is 13.5. The number of carbonyl (C=O) groups excluding carboxylic acids is 1. The monoisotopic (exact) mass is 226 g/mol. The van der Waals surface area contributed by atoms with E-state index >= 15 is 0 Å². The quantitative estimate of drug-likeness (QED) is 0.691. The summed E-state index contributed by atoms with van der Waals surface area (Å²) in [5.74, 6) is 0.549. The van der Waals surface area contributed by atoms with Crippen LogP contribution in [0.3, 0.4) is 0 Å². The molecule has 0 unspecified atom stereocenters. The van der Waals surface area contributed by atoms with Gasteiger partial charge in [-0.1, -0.05) is 13.8 Å². The highest BCUT2D eigenvalue weighted by molar-refractivity contribution is 5.78. The second-order valence-corrected chi connectivity index (χ2v) is 4.82. The van der Waals surface area contributed by atoms with Gasteiger partial charge in [-0.25, -0.2) is 0 Å². The van der Waals surface area contributed by atoms with Gasteiger partial charge in [0.1, 0.15) is 0 Å². The van der Waals surface area contributed by atoms with Crippen molar-refractivity contribution in [2.45, 2.75) is 39.5 Å². The van der Waals surface area contributed by atoms with Gasteiger partial charge in [0.15, 0.2) is 0 Å². The van der Waals surface area contributed by atoms with Gasteiger partial charge in [0.2, 0.25) is 5.91 Å². The first-order valence-corrected chi connectivity index (χ1v) is 6.66. The zero-order chi connectivity index (χ0) is 12.0. The molecule has 1 heterocycles. The molecule has 1 rings (SSSR count). The molecule has 1 aliphatic heterocycles. The van der Waals surface area contributed by atoms with Gasteiger partial charge in [-0.05, 0) is 38.8 Å². The van der Waals surface area contributed by atoms with Crippen molar-refractivity contribution in [3.8, 4) is 0 Å². The second-order valence-electron chi connectivity index (χ2n) is 4.82. The topological polar surface area (TPSA) is 23.6 Å². The number of nitrogens with zero attached hydrogens (tertiary/aromatic N) is 2. The highest BCUT2D eigenvalue weighted by Gasteiger charge is 2.19. The molecular weight excluding hydrogens is 200 g/mol. The number of carbonyl (C=O) groups is 1. The predicted molar refractivity (Wildman–Crippen MR) is 67.4 cm³/mol. The van der Waals surface area contributed by atoms with Crippen molar-refractivity contribution in [1.82, 2.24) is 9.80 Å². The van der Waals surface area contributed by atoms with Crippen LogP contribution in [0.4, 0.5) is 0 Å². The lowest BCUT2D eigenvalue weighted by molar-refractivity contribution is -0.134. The van der Waals surface area contributed by atoms with E-state index in [0.717, 1.165) is 25.9 Å². The third-order valence-corrected chi connectivity index (χ3v) is 3.66. The lowest BCUT2D eigenvalue weighted by atomic mass is 10.0. The number of amides is 1. The standard InChI is InChI=1S/C13H26N2O/c1-4-12(5-2)13(16)14(3)10-11-15-8-6-7-9-15/h12H,4-11H2,1-3H3. The van der Waals surface area contributed by atoms with Crippen LogP contribution in [0.2, 0.25) is 0 Å². The zero-order valence-corrected chi connectivity index (χ0v) is 11.0. The molecular formula is C13H26N2O. The predicted octanol–water partition coefficient (Wildman–Crippen LogP) is 1.98. The van der Waals surface area contributed by atoms with E-state index in [9.17, 15) is 4.79 Å². The summed E-state index contributed by atoms with van der Waals surface area (Å²) in [7, 11) is 1.94. The van der Waals surface area contributed by atoms with E-state index in [1.807, 2.05) is 11.9 Å². The molecule has 1 amide bonds. The molecule has 0 aromatic heterocycles.